The van der Waals surface area contributed by atoms with Crippen molar-refractivity contribution in [3.05, 3.63) is 54.1 Å². The highest BCUT2D eigenvalue weighted by Crippen LogP contribution is 2.31. The van der Waals surface area contributed by atoms with Gasteiger partial charge in [0.15, 0.2) is 5.11 Å². The van der Waals surface area contributed by atoms with Gasteiger partial charge in [-0.2, -0.15) is 0 Å². The molecule has 0 aliphatic carbocycles. The van der Waals surface area contributed by atoms with Crippen LogP contribution in [0.5, 0.6) is 0 Å². The summed E-state index contributed by atoms with van der Waals surface area (Å²) < 4.78 is 2.28. The zero-order valence-electron chi connectivity index (χ0n) is 10.8. The molecule has 98 valence electrons. The largest absolute Gasteiger partial charge is 0.366 e. The quantitative estimate of drug-likeness (QED) is 0.803. The molecule has 1 aliphatic rings. The molecule has 2 aromatic rings. The molecule has 4 nitrogen and oxygen atoms in total. The van der Waals surface area contributed by atoms with Crippen LogP contribution in [-0.2, 0) is 6.54 Å². The van der Waals surface area contributed by atoms with Crippen LogP contribution in [0.4, 0.5) is 0 Å². The van der Waals surface area contributed by atoms with Crippen molar-refractivity contribution in [2.24, 2.45) is 0 Å². The first-order valence-corrected chi connectivity index (χ1v) is 6.75. The lowest BCUT2D eigenvalue weighted by Crippen LogP contribution is -2.46. The zero-order valence-corrected chi connectivity index (χ0v) is 11.6. The molecule has 0 spiro atoms. The Morgan fingerprint density at radius 1 is 1.37 bits per heavy atom. The molecule has 0 fully saturated rings. The molecule has 0 bridgehead atoms. The molecule has 0 aromatic carbocycles. The van der Waals surface area contributed by atoms with Gasteiger partial charge in [-0.3, -0.25) is 4.98 Å². The minimum Gasteiger partial charge on any atom is -0.366 e. The summed E-state index contributed by atoms with van der Waals surface area (Å²) >= 11 is 5.44. The third-order valence-corrected chi connectivity index (χ3v) is 3.95. The van der Waals surface area contributed by atoms with Crippen LogP contribution in [0.15, 0.2) is 42.9 Å². The van der Waals surface area contributed by atoms with Gasteiger partial charge in [-0.15, -0.1) is 0 Å². The second-order valence-corrected chi connectivity index (χ2v) is 4.95. The lowest BCUT2D eigenvalue weighted by molar-refractivity contribution is 0.287. The molecule has 0 amide bonds. The lowest BCUT2D eigenvalue weighted by Gasteiger charge is -2.38. The SMILES string of the molecule is CNC(=S)N1CCn2cccc2[C@H]1c1cccnc1. The van der Waals surface area contributed by atoms with Crippen molar-refractivity contribution in [2.75, 3.05) is 13.6 Å². The maximum Gasteiger partial charge on any atom is 0.169 e. The van der Waals surface area contributed by atoms with E-state index >= 15 is 0 Å². The van der Waals surface area contributed by atoms with Crippen LogP contribution in [0.25, 0.3) is 0 Å². The molecular formula is C14H16N4S. The summed E-state index contributed by atoms with van der Waals surface area (Å²) in [7, 11) is 1.87. The highest BCUT2D eigenvalue weighted by molar-refractivity contribution is 7.80. The average molecular weight is 272 g/mol. The van der Waals surface area contributed by atoms with E-state index in [4.69, 9.17) is 12.2 Å². The van der Waals surface area contributed by atoms with E-state index in [9.17, 15) is 0 Å². The number of nitrogens with one attached hydrogen (secondary N) is 1. The van der Waals surface area contributed by atoms with E-state index in [1.807, 2.05) is 19.3 Å². The summed E-state index contributed by atoms with van der Waals surface area (Å²) in [4.78, 5) is 6.46. The maximum absolute atomic E-state index is 5.44. The third-order valence-electron chi connectivity index (χ3n) is 3.51. The summed E-state index contributed by atoms with van der Waals surface area (Å²) in [5.41, 5.74) is 2.43. The molecule has 2 aromatic heterocycles. The fraction of sp³-hybridized carbons (Fsp3) is 0.286. The maximum atomic E-state index is 5.44. The number of nitrogens with zero attached hydrogens (tertiary/aromatic N) is 3. The second-order valence-electron chi connectivity index (χ2n) is 4.56. The fourth-order valence-electron chi connectivity index (χ4n) is 2.63. The van der Waals surface area contributed by atoms with E-state index in [0.717, 1.165) is 18.2 Å². The van der Waals surface area contributed by atoms with Crippen LogP contribution in [0.3, 0.4) is 0 Å². The lowest BCUT2D eigenvalue weighted by atomic mass is 10.0. The molecule has 1 aliphatic heterocycles. The van der Waals surface area contributed by atoms with Gasteiger partial charge >= 0.3 is 0 Å². The predicted octanol–water partition coefficient (Wildman–Crippen LogP) is 1.79. The minimum absolute atomic E-state index is 0.136. The van der Waals surface area contributed by atoms with Crippen LogP contribution < -0.4 is 5.32 Å². The van der Waals surface area contributed by atoms with E-state index in [-0.39, 0.29) is 6.04 Å². The first-order chi connectivity index (χ1) is 9.31. The molecule has 0 radical (unpaired) electrons. The van der Waals surface area contributed by atoms with Crippen molar-refractivity contribution in [2.45, 2.75) is 12.6 Å². The predicted molar refractivity (Wildman–Crippen MR) is 78.9 cm³/mol. The Morgan fingerprint density at radius 3 is 3.00 bits per heavy atom. The number of hydrogen-bond donors (Lipinski definition) is 1. The number of thiocarbonyl (C=S) groups is 1. The van der Waals surface area contributed by atoms with Crippen molar-refractivity contribution in [3.8, 4) is 0 Å². The Hall–Kier alpha value is -1.88. The van der Waals surface area contributed by atoms with Crippen LogP contribution >= 0.6 is 12.2 Å². The van der Waals surface area contributed by atoms with Crippen molar-refractivity contribution < 1.29 is 0 Å². The topological polar surface area (TPSA) is 33.1 Å². The van der Waals surface area contributed by atoms with E-state index in [0.29, 0.717) is 0 Å². The zero-order chi connectivity index (χ0) is 13.2. The van der Waals surface area contributed by atoms with Gasteiger partial charge in [0.1, 0.15) is 0 Å². The number of pyridine rings is 1. The number of hydrogen-bond acceptors (Lipinski definition) is 2. The van der Waals surface area contributed by atoms with Gasteiger partial charge < -0.3 is 14.8 Å². The third kappa shape index (κ3) is 2.10. The number of aromatic nitrogens is 2. The summed E-state index contributed by atoms with van der Waals surface area (Å²) in [6.45, 7) is 1.86. The van der Waals surface area contributed by atoms with Crippen LogP contribution in [0, 0.1) is 0 Å². The fourth-order valence-corrected chi connectivity index (χ4v) is 2.83. The van der Waals surface area contributed by atoms with Gasteiger partial charge in [0.25, 0.3) is 0 Å². The summed E-state index contributed by atoms with van der Waals surface area (Å²) in [6.07, 6.45) is 5.84. The smallest absolute Gasteiger partial charge is 0.169 e. The molecule has 19 heavy (non-hydrogen) atoms. The Labute approximate surface area is 118 Å². The van der Waals surface area contributed by atoms with Gasteiger partial charge in [-0.1, -0.05) is 6.07 Å². The summed E-state index contributed by atoms with van der Waals surface area (Å²) in [5, 5.41) is 3.86. The van der Waals surface area contributed by atoms with Crippen molar-refractivity contribution in [3.63, 3.8) is 0 Å². The number of rotatable bonds is 1. The molecule has 1 atom stereocenters. The van der Waals surface area contributed by atoms with Gasteiger partial charge in [0.2, 0.25) is 0 Å². The van der Waals surface area contributed by atoms with Crippen LogP contribution in [0.1, 0.15) is 17.3 Å². The van der Waals surface area contributed by atoms with Gasteiger partial charge in [-0.05, 0) is 36.0 Å². The normalized spacial score (nSPS) is 17.9. The first kappa shape index (κ1) is 12.2. The molecule has 1 N–H and O–H groups in total. The Kier molecular flexibility index (Phi) is 3.21. The monoisotopic (exact) mass is 272 g/mol. The molecule has 3 heterocycles. The van der Waals surface area contributed by atoms with Gasteiger partial charge in [-0.25, -0.2) is 0 Å². The molecule has 0 saturated heterocycles. The number of fused-ring (bicyclic) bond motifs is 1. The van der Waals surface area contributed by atoms with Crippen molar-refractivity contribution in [1.29, 1.82) is 0 Å². The standard InChI is InChI=1S/C14H16N4S/c1-15-14(19)18-9-8-17-7-3-5-12(17)13(18)11-4-2-6-16-10-11/h2-7,10,13H,8-9H2,1H3,(H,15,19)/t13-/m1/s1. The molecule has 3 rings (SSSR count). The molecule has 0 unspecified atom stereocenters. The Morgan fingerprint density at radius 2 is 2.26 bits per heavy atom. The minimum atomic E-state index is 0.136. The second kappa shape index (κ2) is 5.01. The summed E-state index contributed by atoms with van der Waals surface area (Å²) in [6, 6.07) is 8.45. The summed E-state index contributed by atoms with van der Waals surface area (Å²) in [5.74, 6) is 0. The van der Waals surface area contributed by atoms with Gasteiger partial charge in [0, 0.05) is 44.4 Å². The van der Waals surface area contributed by atoms with E-state index in [1.165, 1.54) is 11.3 Å². The average Bonchev–Trinajstić information content (AvgIpc) is 2.94. The van der Waals surface area contributed by atoms with Crippen LogP contribution in [-0.4, -0.2) is 33.2 Å². The van der Waals surface area contributed by atoms with Crippen molar-refractivity contribution >= 4 is 17.3 Å². The Bertz CT molecular complexity index is 578. The van der Waals surface area contributed by atoms with Crippen LogP contribution in [0.2, 0.25) is 0 Å². The van der Waals surface area contributed by atoms with E-state index in [1.54, 1.807) is 6.20 Å². The molecule has 0 saturated carbocycles. The van der Waals surface area contributed by atoms with Gasteiger partial charge in [0.05, 0.1) is 6.04 Å². The van der Waals surface area contributed by atoms with E-state index < -0.39 is 0 Å². The Balaban J connectivity index is 2.07. The molecule has 5 heteroatoms. The van der Waals surface area contributed by atoms with Crippen molar-refractivity contribution in [1.82, 2.24) is 19.8 Å². The highest BCUT2D eigenvalue weighted by atomic mass is 32.1. The van der Waals surface area contributed by atoms with E-state index in [2.05, 4.69) is 44.2 Å². The first-order valence-electron chi connectivity index (χ1n) is 6.34. The molecular weight excluding hydrogens is 256 g/mol. The highest BCUT2D eigenvalue weighted by Gasteiger charge is 2.30.